The molecule has 1 saturated heterocycles. The van der Waals surface area contributed by atoms with E-state index in [0.29, 0.717) is 34.8 Å². The predicted octanol–water partition coefficient (Wildman–Crippen LogP) is 3.72. The zero-order valence-electron chi connectivity index (χ0n) is 18.4. The number of carbonyl (C=O) groups excluding carboxylic acids is 4. The zero-order chi connectivity index (χ0) is 23.7. The Morgan fingerprint density at radius 1 is 1.24 bits per heavy atom. The number of ether oxygens (including phenoxy) is 1. The van der Waals surface area contributed by atoms with Gasteiger partial charge in [0.2, 0.25) is 11.8 Å². The molecule has 2 aliphatic rings. The molecule has 1 fully saturated rings. The highest BCUT2D eigenvalue weighted by Crippen LogP contribution is 2.29. The van der Waals surface area contributed by atoms with Crippen molar-refractivity contribution in [1.82, 2.24) is 10.2 Å². The molecule has 0 bridgehead atoms. The highest BCUT2D eigenvalue weighted by molar-refractivity contribution is 6.31. The lowest BCUT2D eigenvalue weighted by Gasteiger charge is -2.29. The van der Waals surface area contributed by atoms with Crippen molar-refractivity contribution in [3.63, 3.8) is 0 Å². The van der Waals surface area contributed by atoms with E-state index in [4.69, 9.17) is 16.3 Å². The number of halogens is 1. The minimum Gasteiger partial charge on any atom is -0.444 e. The maximum Gasteiger partial charge on any atom is 0.411 e. The monoisotopic (exact) mass is 469 g/mol. The Kier molecular flexibility index (Phi) is 6.37. The summed E-state index contributed by atoms with van der Waals surface area (Å²) < 4.78 is 5.32. The summed E-state index contributed by atoms with van der Waals surface area (Å²) in [4.78, 5) is 50.2. The van der Waals surface area contributed by atoms with E-state index >= 15 is 0 Å². The second kappa shape index (κ2) is 9.23. The van der Waals surface area contributed by atoms with E-state index in [1.165, 1.54) is 4.90 Å². The number of rotatable bonds is 5. The molecule has 9 heteroatoms. The van der Waals surface area contributed by atoms with Gasteiger partial charge in [0.1, 0.15) is 12.6 Å². The second-order valence-electron chi connectivity index (χ2n) is 8.19. The van der Waals surface area contributed by atoms with Crippen molar-refractivity contribution in [3.05, 3.63) is 63.2 Å². The molecule has 172 valence electrons. The van der Waals surface area contributed by atoms with Crippen LogP contribution in [0.4, 0.5) is 10.5 Å². The first-order valence-corrected chi connectivity index (χ1v) is 11.1. The van der Waals surface area contributed by atoms with Crippen LogP contribution in [-0.4, -0.2) is 34.8 Å². The number of hydrogen-bond donors (Lipinski definition) is 2. The fraction of sp³-hybridized carbons (Fsp3) is 0.333. The third kappa shape index (κ3) is 4.71. The van der Waals surface area contributed by atoms with Crippen molar-refractivity contribution in [3.8, 4) is 0 Å². The molecule has 2 heterocycles. The molecule has 2 aliphatic heterocycles. The number of benzene rings is 2. The van der Waals surface area contributed by atoms with E-state index in [0.717, 1.165) is 23.1 Å². The van der Waals surface area contributed by atoms with Gasteiger partial charge in [-0.25, -0.2) is 4.79 Å². The Balaban J connectivity index is 1.39. The van der Waals surface area contributed by atoms with Crippen molar-refractivity contribution in [2.75, 3.05) is 5.32 Å². The van der Waals surface area contributed by atoms with Gasteiger partial charge in [0.25, 0.3) is 5.91 Å². The normalized spacial score (nSPS) is 17.6. The summed E-state index contributed by atoms with van der Waals surface area (Å²) in [6, 6.07) is 8.13. The van der Waals surface area contributed by atoms with E-state index in [-0.39, 0.29) is 24.8 Å². The third-order valence-corrected chi connectivity index (χ3v) is 6.43. The van der Waals surface area contributed by atoms with E-state index in [9.17, 15) is 19.2 Å². The molecule has 0 radical (unpaired) electrons. The summed E-state index contributed by atoms with van der Waals surface area (Å²) in [6.45, 7) is 4.22. The first-order chi connectivity index (χ1) is 15.8. The highest BCUT2D eigenvalue weighted by atomic mass is 35.5. The minimum absolute atomic E-state index is 0.0228. The molecule has 1 unspecified atom stereocenters. The molecule has 1 atom stereocenters. The zero-order valence-corrected chi connectivity index (χ0v) is 19.1. The van der Waals surface area contributed by atoms with Gasteiger partial charge in [0.05, 0.1) is 0 Å². The summed E-state index contributed by atoms with van der Waals surface area (Å²) in [6.07, 6.45) is 0.670. The van der Waals surface area contributed by atoms with Crippen LogP contribution in [0.15, 0.2) is 30.3 Å². The van der Waals surface area contributed by atoms with E-state index in [2.05, 4.69) is 10.6 Å². The highest BCUT2D eigenvalue weighted by Gasteiger charge is 2.39. The molecular weight excluding hydrogens is 446 g/mol. The van der Waals surface area contributed by atoms with Gasteiger partial charge >= 0.3 is 6.09 Å². The first kappa shape index (κ1) is 22.8. The molecule has 0 saturated carbocycles. The average Bonchev–Trinajstić information content (AvgIpc) is 3.10. The van der Waals surface area contributed by atoms with Crippen LogP contribution in [0.3, 0.4) is 0 Å². The van der Waals surface area contributed by atoms with Crippen LogP contribution >= 0.6 is 11.6 Å². The quantitative estimate of drug-likeness (QED) is 0.649. The van der Waals surface area contributed by atoms with Crippen LogP contribution in [0.5, 0.6) is 0 Å². The summed E-state index contributed by atoms with van der Waals surface area (Å²) in [5.41, 5.74) is 4.48. The molecule has 0 aromatic heterocycles. The Morgan fingerprint density at radius 2 is 2.03 bits per heavy atom. The van der Waals surface area contributed by atoms with Gasteiger partial charge in [-0.1, -0.05) is 30.7 Å². The molecule has 33 heavy (non-hydrogen) atoms. The summed E-state index contributed by atoms with van der Waals surface area (Å²) in [7, 11) is 0. The van der Waals surface area contributed by atoms with Crippen molar-refractivity contribution < 1.29 is 23.9 Å². The molecular formula is C24H24ClN3O5. The predicted molar refractivity (Wildman–Crippen MR) is 122 cm³/mol. The van der Waals surface area contributed by atoms with Crippen LogP contribution in [0.1, 0.15) is 52.4 Å². The lowest BCUT2D eigenvalue weighted by molar-refractivity contribution is -0.136. The third-order valence-electron chi connectivity index (χ3n) is 6.04. The Labute approximate surface area is 196 Å². The Morgan fingerprint density at radius 3 is 2.76 bits per heavy atom. The molecule has 4 amide bonds. The fourth-order valence-corrected chi connectivity index (χ4v) is 4.41. The number of aryl methyl sites for hydroxylation is 1. The molecule has 8 nitrogen and oxygen atoms in total. The van der Waals surface area contributed by atoms with Crippen LogP contribution < -0.4 is 10.6 Å². The molecule has 0 aliphatic carbocycles. The largest absolute Gasteiger partial charge is 0.444 e. The number of nitrogens with zero attached hydrogens (tertiary/aromatic N) is 1. The lowest BCUT2D eigenvalue weighted by Crippen LogP contribution is -2.52. The first-order valence-electron chi connectivity index (χ1n) is 10.8. The molecule has 2 aromatic carbocycles. The number of piperidine rings is 1. The van der Waals surface area contributed by atoms with Crippen LogP contribution in [0.2, 0.25) is 5.02 Å². The molecule has 2 N–H and O–H groups in total. The van der Waals surface area contributed by atoms with Crippen LogP contribution in [0.25, 0.3) is 0 Å². The van der Waals surface area contributed by atoms with Crippen molar-refractivity contribution in [2.45, 2.75) is 52.3 Å². The van der Waals surface area contributed by atoms with Gasteiger partial charge < -0.3 is 9.64 Å². The number of carbonyl (C=O) groups is 4. The fourth-order valence-electron chi connectivity index (χ4n) is 4.17. The summed E-state index contributed by atoms with van der Waals surface area (Å²) in [5, 5.41) is 5.54. The number of fused-ring (bicyclic) bond motifs is 1. The van der Waals surface area contributed by atoms with Gasteiger partial charge in [0, 0.05) is 29.2 Å². The van der Waals surface area contributed by atoms with Crippen molar-refractivity contribution in [2.24, 2.45) is 0 Å². The van der Waals surface area contributed by atoms with Gasteiger partial charge in [-0.2, -0.15) is 0 Å². The SMILES string of the molecule is CCc1cc(NC(=O)OCc2ccc3c(c2)C(=O)N(C2CCC(=O)NC2=O)C3)cc(Cl)c1C. The van der Waals surface area contributed by atoms with Crippen molar-refractivity contribution >= 4 is 41.1 Å². The van der Waals surface area contributed by atoms with E-state index < -0.39 is 18.0 Å². The molecule has 4 rings (SSSR count). The van der Waals surface area contributed by atoms with E-state index in [1.54, 1.807) is 24.3 Å². The van der Waals surface area contributed by atoms with Crippen molar-refractivity contribution in [1.29, 1.82) is 0 Å². The number of amides is 4. The van der Waals surface area contributed by atoms with Gasteiger partial charge in [0.15, 0.2) is 0 Å². The topological polar surface area (TPSA) is 105 Å². The van der Waals surface area contributed by atoms with Gasteiger partial charge in [-0.15, -0.1) is 0 Å². The van der Waals surface area contributed by atoms with Gasteiger partial charge in [-0.05, 0) is 60.2 Å². The number of nitrogens with one attached hydrogen (secondary N) is 2. The Bertz CT molecular complexity index is 1160. The number of imide groups is 1. The second-order valence-corrected chi connectivity index (χ2v) is 8.60. The van der Waals surface area contributed by atoms with Crippen LogP contribution in [0, 0.1) is 6.92 Å². The Hall–Kier alpha value is -3.39. The molecule has 0 spiro atoms. The maximum atomic E-state index is 12.9. The summed E-state index contributed by atoms with van der Waals surface area (Å²) >= 11 is 6.24. The van der Waals surface area contributed by atoms with Crippen LogP contribution in [-0.2, 0) is 33.9 Å². The van der Waals surface area contributed by atoms with Gasteiger partial charge in [-0.3, -0.25) is 25.0 Å². The molecule has 2 aromatic rings. The average molecular weight is 470 g/mol. The smallest absolute Gasteiger partial charge is 0.411 e. The summed E-state index contributed by atoms with van der Waals surface area (Å²) in [5.74, 6) is -1.04. The number of hydrogen-bond acceptors (Lipinski definition) is 5. The van der Waals surface area contributed by atoms with E-state index in [1.807, 2.05) is 19.9 Å². The standard InChI is InChI=1S/C24H24ClN3O5/c1-3-15-9-17(10-19(25)13(15)2)26-24(32)33-12-14-4-5-16-11-28(23(31)18(16)8-14)20-6-7-21(29)27-22(20)30/h4-5,8-10,20H,3,6-7,11-12H2,1-2H3,(H,26,32)(H,27,29,30). The maximum absolute atomic E-state index is 12.9. The number of anilines is 1. The lowest BCUT2D eigenvalue weighted by atomic mass is 10.0. The minimum atomic E-state index is -0.664.